The van der Waals surface area contributed by atoms with Gasteiger partial charge in [0.05, 0.1) is 5.02 Å². The van der Waals surface area contributed by atoms with Gasteiger partial charge in [-0.25, -0.2) is 22.1 Å². The first-order valence-electron chi connectivity index (χ1n) is 8.29. The van der Waals surface area contributed by atoms with Crippen molar-refractivity contribution >= 4 is 51.4 Å². The summed E-state index contributed by atoms with van der Waals surface area (Å²) in [5, 5.41) is 0.0202. The summed E-state index contributed by atoms with van der Waals surface area (Å²) in [5.41, 5.74) is 0. The first kappa shape index (κ1) is 23.2. The first-order valence-corrected chi connectivity index (χ1v) is 14.6. The van der Waals surface area contributed by atoms with Crippen LogP contribution in [-0.4, -0.2) is 34.8 Å². The second-order valence-electron chi connectivity index (χ2n) is 7.22. The van der Waals surface area contributed by atoms with Gasteiger partial charge in [0, 0.05) is 19.2 Å². The maximum atomic E-state index is 14.4. The van der Waals surface area contributed by atoms with Crippen LogP contribution in [-0.2, 0) is 14.8 Å². The molecule has 1 aromatic heterocycles. The van der Waals surface area contributed by atoms with E-state index in [0.29, 0.717) is 6.61 Å². The average Bonchev–Trinajstić information content (AvgIpc) is 2.56. The summed E-state index contributed by atoms with van der Waals surface area (Å²) in [6, 6.07) is 6.45. The van der Waals surface area contributed by atoms with E-state index >= 15 is 0 Å². The van der Waals surface area contributed by atoms with E-state index in [1.165, 1.54) is 12.1 Å². The molecule has 0 saturated carbocycles. The SMILES string of the molecule is C[Si](C)(C)CCOCN(c1cccc(F)n1)S(=O)(=O)c1cc(Cl)c(Br)cc1F. The lowest BCUT2D eigenvalue weighted by molar-refractivity contribution is 0.156. The van der Waals surface area contributed by atoms with Crippen LogP contribution in [0.5, 0.6) is 0 Å². The Balaban J connectivity index is 2.41. The maximum absolute atomic E-state index is 14.4. The summed E-state index contributed by atoms with van der Waals surface area (Å²) in [4.78, 5) is 2.95. The van der Waals surface area contributed by atoms with Gasteiger partial charge in [-0.05, 0) is 46.2 Å². The molecule has 1 heterocycles. The summed E-state index contributed by atoms with van der Waals surface area (Å²) in [7, 11) is -5.85. The summed E-state index contributed by atoms with van der Waals surface area (Å²) in [5.74, 6) is -2.08. The van der Waals surface area contributed by atoms with Gasteiger partial charge in [0.15, 0.2) is 0 Å². The monoisotopic (exact) mass is 512 g/mol. The lowest BCUT2D eigenvalue weighted by Crippen LogP contribution is -2.35. The second kappa shape index (κ2) is 9.16. The van der Waals surface area contributed by atoms with Crippen LogP contribution < -0.4 is 4.31 Å². The number of nitrogens with zero attached hydrogens (tertiary/aromatic N) is 2. The Kier molecular flexibility index (Phi) is 7.60. The number of hydrogen-bond donors (Lipinski definition) is 0. The Bertz CT molecular complexity index is 958. The molecule has 154 valence electrons. The van der Waals surface area contributed by atoms with Crippen LogP contribution in [0.4, 0.5) is 14.6 Å². The van der Waals surface area contributed by atoms with Gasteiger partial charge in [0.2, 0.25) is 5.95 Å². The zero-order valence-corrected chi connectivity index (χ0v) is 19.7. The van der Waals surface area contributed by atoms with Gasteiger partial charge in [-0.2, -0.15) is 4.39 Å². The summed E-state index contributed by atoms with van der Waals surface area (Å²) in [6.07, 6.45) is 0. The molecule has 0 spiro atoms. The van der Waals surface area contributed by atoms with Gasteiger partial charge in [-0.3, -0.25) is 0 Å². The molecule has 0 radical (unpaired) electrons. The van der Waals surface area contributed by atoms with Crippen molar-refractivity contribution in [2.75, 3.05) is 17.6 Å². The Morgan fingerprint density at radius 1 is 1.25 bits per heavy atom. The smallest absolute Gasteiger partial charge is 0.270 e. The number of halogens is 4. The first-order chi connectivity index (χ1) is 12.9. The number of benzene rings is 1. The van der Waals surface area contributed by atoms with E-state index in [2.05, 4.69) is 40.6 Å². The van der Waals surface area contributed by atoms with E-state index in [4.69, 9.17) is 16.3 Å². The zero-order valence-electron chi connectivity index (χ0n) is 15.5. The lowest BCUT2D eigenvalue weighted by atomic mass is 10.3. The van der Waals surface area contributed by atoms with Crippen LogP contribution in [0.15, 0.2) is 39.7 Å². The number of rotatable bonds is 8. The molecule has 0 N–H and O–H groups in total. The van der Waals surface area contributed by atoms with Crippen LogP contribution in [0.3, 0.4) is 0 Å². The van der Waals surface area contributed by atoms with E-state index in [1.54, 1.807) is 0 Å². The number of hydrogen-bond acceptors (Lipinski definition) is 4. The molecule has 1 aromatic carbocycles. The quantitative estimate of drug-likeness (QED) is 0.158. The minimum Gasteiger partial charge on any atom is -0.360 e. The highest BCUT2D eigenvalue weighted by molar-refractivity contribution is 9.10. The van der Waals surface area contributed by atoms with Crippen molar-refractivity contribution in [3.05, 3.63) is 51.6 Å². The molecule has 0 aliphatic rings. The van der Waals surface area contributed by atoms with E-state index in [0.717, 1.165) is 28.5 Å². The molecule has 0 saturated heterocycles. The van der Waals surface area contributed by atoms with Crippen LogP contribution in [0.2, 0.25) is 30.7 Å². The van der Waals surface area contributed by atoms with Crippen LogP contribution in [0.25, 0.3) is 0 Å². The summed E-state index contributed by atoms with van der Waals surface area (Å²) in [6.45, 7) is 6.34. The minimum absolute atomic E-state index is 0.0202. The predicted molar refractivity (Wildman–Crippen MR) is 112 cm³/mol. The molecule has 2 rings (SSSR count). The number of aromatic nitrogens is 1. The lowest BCUT2D eigenvalue weighted by Gasteiger charge is -2.24. The third kappa shape index (κ3) is 5.96. The highest BCUT2D eigenvalue weighted by Gasteiger charge is 2.30. The van der Waals surface area contributed by atoms with Gasteiger partial charge in [-0.15, -0.1) is 0 Å². The molecule has 0 bridgehead atoms. The van der Waals surface area contributed by atoms with E-state index in [-0.39, 0.29) is 15.3 Å². The molecule has 0 aliphatic carbocycles. The standard InChI is InChI=1S/C17H20BrClF2N2O3SSi/c1-28(2,3)8-7-26-11-23(17-6-4-5-16(21)22-17)27(24,25)15-10-13(19)12(18)9-14(15)20/h4-6,9-10H,7-8,11H2,1-3H3. The van der Waals surface area contributed by atoms with Gasteiger partial charge in [-0.1, -0.05) is 37.3 Å². The normalized spacial score (nSPS) is 12.2. The summed E-state index contributed by atoms with van der Waals surface area (Å²) >= 11 is 8.99. The highest BCUT2D eigenvalue weighted by atomic mass is 79.9. The predicted octanol–water partition coefficient (Wildman–Crippen LogP) is 5.28. The fourth-order valence-electron chi connectivity index (χ4n) is 2.14. The summed E-state index contributed by atoms with van der Waals surface area (Å²) < 4.78 is 60.6. The van der Waals surface area contributed by atoms with Gasteiger partial charge >= 0.3 is 0 Å². The van der Waals surface area contributed by atoms with Crippen molar-refractivity contribution in [2.24, 2.45) is 0 Å². The Hall–Kier alpha value is -1.07. The molecule has 28 heavy (non-hydrogen) atoms. The van der Waals surface area contributed by atoms with Crippen molar-refractivity contribution < 1.29 is 21.9 Å². The fraction of sp³-hybridized carbons (Fsp3) is 0.353. The number of anilines is 1. The molecule has 11 heteroatoms. The van der Waals surface area contributed by atoms with Crippen molar-refractivity contribution in [3.63, 3.8) is 0 Å². The topological polar surface area (TPSA) is 59.5 Å². The van der Waals surface area contributed by atoms with Crippen LogP contribution >= 0.6 is 27.5 Å². The van der Waals surface area contributed by atoms with Crippen LogP contribution in [0.1, 0.15) is 0 Å². The second-order valence-corrected chi connectivity index (χ2v) is 15.9. The van der Waals surface area contributed by atoms with E-state index in [1.807, 2.05) is 0 Å². The molecule has 2 aromatic rings. The third-order valence-corrected chi connectivity index (χ3v) is 8.35. The zero-order chi connectivity index (χ0) is 21.1. The van der Waals surface area contributed by atoms with Crippen molar-refractivity contribution in [3.8, 4) is 0 Å². The van der Waals surface area contributed by atoms with Crippen LogP contribution in [0, 0.1) is 11.8 Å². The largest absolute Gasteiger partial charge is 0.360 e. The van der Waals surface area contributed by atoms with E-state index in [9.17, 15) is 17.2 Å². The Labute approximate surface area is 177 Å². The Morgan fingerprint density at radius 3 is 2.54 bits per heavy atom. The molecule has 0 atom stereocenters. The molecule has 0 unspecified atom stereocenters. The molecule has 0 amide bonds. The number of pyridine rings is 1. The van der Waals surface area contributed by atoms with Gasteiger partial charge < -0.3 is 4.74 Å². The van der Waals surface area contributed by atoms with E-state index < -0.39 is 41.5 Å². The molecular weight excluding hydrogens is 494 g/mol. The maximum Gasteiger partial charge on any atom is 0.270 e. The molecule has 0 fully saturated rings. The van der Waals surface area contributed by atoms with Gasteiger partial charge in [0.1, 0.15) is 23.3 Å². The van der Waals surface area contributed by atoms with Crippen molar-refractivity contribution in [2.45, 2.75) is 30.6 Å². The number of sulfonamides is 1. The number of ether oxygens (including phenoxy) is 1. The van der Waals surface area contributed by atoms with Crippen molar-refractivity contribution in [1.29, 1.82) is 0 Å². The minimum atomic E-state index is -4.45. The molecule has 5 nitrogen and oxygen atoms in total. The third-order valence-electron chi connectivity index (χ3n) is 3.70. The van der Waals surface area contributed by atoms with Gasteiger partial charge in [0.25, 0.3) is 10.0 Å². The fourth-order valence-corrected chi connectivity index (χ4v) is 4.81. The Morgan fingerprint density at radius 2 is 1.93 bits per heavy atom. The van der Waals surface area contributed by atoms with Crippen molar-refractivity contribution in [1.82, 2.24) is 4.98 Å². The average molecular weight is 514 g/mol. The molecular formula is C17H20BrClF2N2O3SSi. The molecule has 0 aliphatic heterocycles. The highest BCUT2D eigenvalue weighted by Crippen LogP contribution is 2.31.